The first-order valence-corrected chi connectivity index (χ1v) is 4.74. The summed E-state index contributed by atoms with van der Waals surface area (Å²) >= 11 is 5.67. The topological polar surface area (TPSA) is 26.0 Å². The summed E-state index contributed by atoms with van der Waals surface area (Å²) in [6.45, 7) is 0. The van der Waals surface area contributed by atoms with Gasteiger partial charge >= 0.3 is 0 Å². The van der Waals surface area contributed by atoms with Gasteiger partial charge < -0.3 is 5.73 Å². The lowest BCUT2D eigenvalue weighted by molar-refractivity contribution is 0.253. The molecule has 4 heteroatoms. The fraction of sp³-hybridized carbons (Fsp3) is 0.400. The standard InChI is InChI=1S/C10H11ClFN.ClH/c11-8-6-7(2-3-9(8)12)10(13)4-1-5-10;/h2-3,6H,1,4-5,13H2;1H. The van der Waals surface area contributed by atoms with Gasteiger partial charge in [0, 0.05) is 5.54 Å². The molecule has 0 bridgehead atoms. The molecular formula is C10H12Cl2FN. The maximum Gasteiger partial charge on any atom is 0.141 e. The van der Waals surface area contributed by atoms with Crippen molar-refractivity contribution in [3.8, 4) is 0 Å². The lowest BCUT2D eigenvalue weighted by Crippen LogP contribution is -2.43. The minimum atomic E-state index is -0.381. The molecule has 0 radical (unpaired) electrons. The van der Waals surface area contributed by atoms with Gasteiger partial charge in [0.1, 0.15) is 5.82 Å². The van der Waals surface area contributed by atoms with Gasteiger partial charge in [-0.25, -0.2) is 4.39 Å². The third-order valence-corrected chi connectivity index (χ3v) is 3.03. The van der Waals surface area contributed by atoms with E-state index >= 15 is 0 Å². The largest absolute Gasteiger partial charge is 0.321 e. The van der Waals surface area contributed by atoms with Crippen LogP contribution in [0.15, 0.2) is 18.2 Å². The van der Waals surface area contributed by atoms with Crippen LogP contribution in [0.25, 0.3) is 0 Å². The summed E-state index contributed by atoms with van der Waals surface area (Å²) in [5.74, 6) is -0.381. The lowest BCUT2D eigenvalue weighted by Gasteiger charge is -2.38. The van der Waals surface area contributed by atoms with Crippen molar-refractivity contribution in [1.82, 2.24) is 0 Å². The highest BCUT2D eigenvalue weighted by Gasteiger charge is 2.34. The second kappa shape index (κ2) is 4.05. The quantitative estimate of drug-likeness (QED) is 0.795. The summed E-state index contributed by atoms with van der Waals surface area (Å²) < 4.78 is 12.8. The van der Waals surface area contributed by atoms with E-state index in [0.717, 1.165) is 24.8 Å². The zero-order valence-corrected chi connectivity index (χ0v) is 9.17. The molecule has 1 saturated carbocycles. The van der Waals surface area contributed by atoms with Crippen LogP contribution in [0.1, 0.15) is 24.8 Å². The molecular weight excluding hydrogens is 224 g/mol. The second-order valence-electron chi connectivity index (χ2n) is 3.64. The van der Waals surface area contributed by atoms with Crippen molar-refractivity contribution in [2.75, 3.05) is 0 Å². The fourth-order valence-corrected chi connectivity index (χ4v) is 1.83. The van der Waals surface area contributed by atoms with Crippen LogP contribution in [0.2, 0.25) is 5.02 Å². The number of rotatable bonds is 1. The Balaban J connectivity index is 0.000000980. The zero-order valence-electron chi connectivity index (χ0n) is 7.59. The molecule has 1 aromatic carbocycles. The highest BCUT2D eigenvalue weighted by molar-refractivity contribution is 6.30. The molecule has 0 aliphatic heterocycles. The molecule has 14 heavy (non-hydrogen) atoms. The number of halogens is 3. The van der Waals surface area contributed by atoms with E-state index in [4.69, 9.17) is 17.3 Å². The number of hydrogen-bond acceptors (Lipinski definition) is 1. The van der Waals surface area contributed by atoms with Crippen molar-refractivity contribution in [1.29, 1.82) is 0 Å². The van der Waals surface area contributed by atoms with Gasteiger partial charge in [0.05, 0.1) is 5.02 Å². The first-order chi connectivity index (χ1) is 6.12. The third-order valence-electron chi connectivity index (χ3n) is 2.74. The van der Waals surface area contributed by atoms with Crippen LogP contribution in [0.4, 0.5) is 4.39 Å². The SMILES string of the molecule is Cl.NC1(c2ccc(F)c(Cl)c2)CCC1. The highest BCUT2D eigenvalue weighted by Crippen LogP contribution is 2.39. The molecule has 78 valence electrons. The molecule has 1 aliphatic carbocycles. The molecule has 0 atom stereocenters. The molecule has 0 unspecified atom stereocenters. The van der Waals surface area contributed by atoms with Gasteiger partial charge in [0.25, 0.3) is 0 Å². The molecule has 1 aliphatic rings. The Morgan fingerprint density at radius 1 is 1.36 bits per heavy atom. The van der Waals surface area contributed by atoms with E-state index in [2.05, 4.69) is 0 Å². The normalized spacial score (nSPS) is 18.2. The molecule has 0 aromatic heterocycles. The summed E-state index contributed by atoms with van der Waals surface area (Å²) in [6.07, 6.45) is 3.08. The molecule has 1 nitrogen and oxygen atoms in total. The van der Waals surface area contributed by atoms with E-state index in [1.807, 2.05) is 0 Å². The smallest absolute Gasteiger partial charge is 0.141 e. The Morgan fingerprint density at radius 3 is 2.43 bits per heavy atom. The average Bonchev–Trinajstić information content (AvgIpc) is 2.06. The average molecular weight is 236 g/mol. The molecule has 0 spiro atoms. The second-order valence-corrected chi connectivity index (χ2v) is 4.05. The van der Waals surface area contributed by atoms with E-state index in [9.17, 15) is 4.39 Å². The van der Waals surface area contributed by atoms with E-state index in [0.29, 0.717) is 0 Å². The van der Waals surface area contributed by atoms with E-state index < -0.39 is 0 Å². The molecule has 0 heterocycles. The molecule has 2 N–H and O–H groups in total. The highest BCUT2D eigenvalue weighted by atomic mass is 35.5. The molecule has 1 aromatic rings. The van der Waals surface area contributed by atoms with Gasteiger partial charge in [-0.1, -0.05) is 17.7 Å². The molecule has 0 amide bonds. The summed E-state index contributed by atoms with van der Waals surface area (Å²) in [5, 5.41) is 0.161. The molecule has 1 fully saturated rings. The van der Waals surface area contributed by atoms with Crippen LogP contribution in [-0.4, -0.2) is 0 Å². The maximum absolute atomic E-state index is 12.8. The summed E-state index contributed by atoms with van der Waals surface area (Å²) in [4.78, 5) is 0. The Hall–Kier alpha value is -0.310. The van der Waals surface area contributed by atoms with Crippen LogP contribution in [0.3, 0.4) is 0 Å². The molecule has 2 rings (SSSR count). The van der Waals surface area contributed by atoms with Crippen molar-refractivity contribution in [2.45, 2.75) is 24.8 Å². The Kier molecular flexibility index (Phi) is 3.40. The predicted molar refractivity (Wildman–Crippen MR) is 58.4 cm³/mol. The summed E-state index contributed by atoms with van der Waals surface area (Å²) in [6, 6.07) is 4.74. The van der Waals surface area contributed by atoms with Crippen molar-refractivity contribution in [2.24, 2.45) is 5.73 Å². The summed E-state index contributed by atoms with van der Waals surface area (Å²) in [7, 11) is 0. The minimum absolute atomic E-state index is 0. The van der Waals surface area contributed by atoms with Gasteiger partial charge in [0.15, 0.2) is 0 Å². The lowest BCUT2D eigenvalue weighted by atomic mass is 9.73. The van der Waals surface area contributed by atoms with Crippen LogP contribution >= 0.6 is 24.0 Å². The monoisotopic (exact) mass is 235 g/mol. The summed E-state index contributed by atoms with van der Waals surface area (Å²) in [5.41, 5.74) is 6.76. The predicted octanol–water partition coefficient (Wildman–Crippen LogP) is 3.24. The van der Waals surface area contributed by atoms with E-state index in [1.165, 1.54) is 6.07 Å². The van der Waals surface area contributed by atoms with Crippen LogP contribution in [-0.2, 0) is 5.54 Å². The van der Waals surface area contributed by atoms with Gasteiger partial charge in [-0.05, 0) is 37.0 Å². The Bertz CT molecular complexity index is 337. The Labute approximate surface area is 93.8 Å². The number of nitrogens with two attached hydrogens (primary N) is 1. The van der Waals surface area contributed by atoms with Crippen molar-refractivity contribution in [3.05, 3.63) is 34.6 Å². The fourth-order valence-electron chi connectivity index (χ4n) is 1.65. The zero-order chi connectivity index (χ0) is 9.47. The van der Waals surface area contributed by atoms with Crippen LogP contribution in [0, 0.1) is 5.82 Å². The number of hydrogen-bond donors (Lipinski definition) is 1. The maximum atomic E-state index is 12.8. The van der Waals surface area contributed by atoms with Gasteiger partial charge in [-0.3, -0.25) is 0 Å². The van der Waals surface area contributed by atoms with Crippen molar-refractivity contribution in [3.63, 3.8) is 0 Å². The van der Waals surface area contributed by atoms with E-state index in [1.54, 1.807) is 12.1 Å². The van der Waals surface area contributed by atoms with E-state index in [-0.39, 0.29) is 28.8 Å². The molecule has 0 saturated heterocycles. The van der Waals surface area contributed by atoms with Crippen molar-refractivity contribution < 1.29 is 4.39 Å². The number of benzene rings is 1. The van der Waals surface area contributed by atoms with Gasteiger partial charge in [-0.2, -0.15) is 0 Å². The first kappa shape index (κ1) is 11.8. The first-order valence-electron chi connectivity index (χ1n) is 4.36. The minimum Gasteiger partial charge on any atom is -0.321 e. The van der Waals surface area contributed by atoms with Crippen LogP contribution in [0.5, 0.6) is 0 Å². The Morgan fingerprint density at radius 2 is 2.00 bits per heavy atom. The third kappa shape index (κ3) is 1.88. The van der Waals surface area contributed by atoms with Gasteiger partial charge in [-0.15, -0.1) is 12.4 Å². The van der Waals surface area contributed by atoms with Crippen LogP contribution < -0.4 is 5.73 Å². The van der Waals surface area contributed by atoms with Crippen molar-refractivity contribution >= 4 is 24.0 Å². The van der Waals surface area contributed by atoms with Gasteiger partial charge in [0.2, 0.25) is 0 Å².